The second-order valence-corrected chi connectivity index (χ2v) is 7.87. The fourth-order valence-electron chi connectivity index (χ4n) is 3.42. The Morgan fingerprint density at radius 1 is 1.12 bits per heavy atom. The van der Waals surface area contributed by atoms with E-state index in [4.69, 9.17) is 4.74 Å². The molecular weight excluding hydrogens is 328 g/mol. The zero-order valence-corrected chi connectivity index (χ0v) is 16.4. The molecule has 1 aliphatic rings. The topological polar surface area (TPSA) is 67.4 Å². The molecule has 26 heavy (non-hydrogen) atoms. The molecule has 0 bridgehead atoms. The summed E-state index contributed by atoms with van der Waals surface area (Å²) in [5, 5.41) is 5.90. The van der Waals surface area contributed by atoms with E-state index in [2.05, 4.69) is 31.4 Å². The van der Waals surface area contributed by atoms with Gasteiger partial charge in [-0.2, -0.15) is 0 Å². The zero-order chi connectivity index (χ0) is 19.1. The highest BCUT2D eigenvalue weighted by Gasteiger charge is 2.28. The largest absolute Gasteiger partial charge is 0.497 e. The molecule has 1 saturated carbocycles. The van der Waals surface area contributed by atoms with Gasteiger partial charge in [-0.15, -0.1) is 0 Å². The van der Waals surface area contributed by atoms with E-state index in [1.165, 1.54) is 0 Å². The molecule has 1 aliphatic carbocycles. The Morgan fingerprint density at radius 2 is 1.73 bits per heavy atom. The maximum Gasteiger partial charge on any atom is 0.246 e. The van der Waals surface area contributed by atoms with Crippen molar-refractivity contribution in [1.82, 2.24) is 5.32 Å². The third kappa shape index (κ3) is 6.04. The van der Waals surface area contributed by atoms with Crippen molar-refractivity contribution in [2.45, 2.75) is 58.9 Å². The van der Waals surface area contributed by atoms with Crippen molar-refractivity contribution in [3.05, 3.63) is 24.3 Å². The number of benzene rings is 1. The smallest absolute Gasteiger partial charge is 0.246 e. The first-order chi connectivity index (χ1) is 12.4. The predicted octanol–water partition coefficient (Wildman–Crippen LogP) is 3.99. The number of rotatable bonds is 7. The van der Waals surface area contributed by atoms with Gasteiger partial charge in [0.1, 0.15) is 11.8 Å². The van der Waals surface area contributed by atoms with Gasteiger partial charge in [-0.25, -0.2) is 0 Å². The van der Waals surface area contributed by atoms with Crippen LogP contribution in [-0.4, -0.2) is 25.0 Å². The van der Waals surface area contributed by atoms with Crippen LogP contribution in [0.4, 0.5) is 5.69 Å². The standard InChI is InChI=1S/C21H32N2O3/c1-14(2)13-19(23-20(24)16-7-5-15(3)6-8-16)21(25)22-17-9-11-18(26-4)12-10-17/h9-12,14-16,19H,5-8,13H2,1-4H3,(H,22,25)(H,23,24)/t15?,16?,19-/m1/s1. The molecule has 1 aromatic rings. The Bertz CT molecular complexity index is 590. The number of hydrogen-bond acceptors (Lipinski definition) is 3. The van der Waals surface area contributed by atoms with Gasteiger partial charge >= 0.3 is 0 Å². The summed E-state index contributed by atoms with van der Waals surface area (Å²) >= 11 is 0. The first-order valence-electron chi connectivity index (χ1n) is 9.64. The van der Waals surface area contributed by atoms with Crippen molar-refractivity contribution in [3.63, 3.8) is 0 Å². The summed E-state index contributed by atoms with van der Waals surface area (Å²) in [6.07, 6.45) is 4.63. The minimum Gasteiger partial charge on any atom is -0.497 e. The van der Waals surface area contributed by atoms with E-state index < -0.39 is 6.04 Å². The Hall–Kier alpha value is -2.04. The first kappa shape index (κ1) is 20.3. The Labute approximate surface area is 156 Å². The lowest BCUT2D eigenvalue weighted by atomic mass is 9.82. The molecule has 2 N–H and O–H groups in total. The second kappa shape index (κ2) is 9.60. The summed E-state index contributed by atoms with van der Waals surface area (Å²) in [6, 6.07) is 6.69. The molecule has 0 saturated heterocycles. The number of ether oxygens (including phenoxy) is 1. The zero-order valence-electron chi connectivity index (χ0n) is 16.4. The average molecular weight is 360 g/mol. The summed E-state index contributed by atoms with van der Waals surface area (Å²) in [4.78, 5) is 25.3. The van der Waals surface area contributed by atoms with Crippen LogP contribution in [0.1, 0.15) is 52.9 Å². The summed E-state index contributed by atoms with van der Waals surface area (Å²) in [6.45, 7) is 6.35. The molecule has 0 aliphatic heterocycles. The maximum atomic E-state index is 12.7. The van der Waals surface area contributed by atoms with Crippen LogP contribution in [-0.2, 0) is 9.59 Å². The van der Waals surface area contributed by atoms with E-state index in [0.717, 1.165) is 31.4 Å². The van der Waals surface area contributed by atoms with Gasteiger partial charge in [0.05, 0.1) is 7.11 Å². The molecule has 144 valence electrons. The number of anilines is 1. The first-order valence-corrected chi connectivity index (χ1v) is 9.64. The highest BCUT2D eigenvalue weighted by Crippen LogP contribution is 2.28. The van der Waals surface area contributed by atoms with Crippen LogP contribution in [0.3, 0.4) is 0 Å². The number of carbonyl (C=O) groups excluding carboxylic acids is 2. The van der Waals surface area contributed by atoms with Crippen molar-refractivity contribution in [3.8, 4) is 5.75 Å². The summed E-state index contributed by atoms with van der Waals surface area (Å²) in [5.41, 5.74) is 0.699. The van der Waals surface area contributed by atoms with Gasteiger partial charge in [0.2, 0.25) is 11.8 Å². The predicted molar refractivity (Wildman–Crippen MR) is 104 cm³/mol. The fourth-order valence-corrected chi connectivity index (χ4v) is 3.42. The van der Waals surface area contributed by atoms with Crippen molar-refractivity contribution >= 4 is 17.5 Å². The van der Waals surface area contributed by atoms with E-state index >= 15 is 0 Å². The fraction of sp³-hybridized carbons (Fsp3) is 0.619. The highest BCUT2D eigenvalue weighted by molar-refractivity contribution is 5.97. The Kier molecular flexibility index (Phi) is 7.49. The third-order valence-corrected chi connectivity index (χ3v) is 5.08. The molecule has 1 atom stereocenters. The van der Waals surface area contributed by atoms with Crippen LogP contribution in [0.2, 0.25) is 0 Å². The van der Waals surface area contributed by atoms with E-state index in [-0.39, 0.29) is 17.7 Å². The molecule has 2 amide bonds. The van der Waals surface area contributed by atoms with Gasteiger partial charge < -0.3 is 15.4 Å². The van der Waals surface area contributed by atoms with Crippen LogP contribution in [0.15, 0.2) is 24.3 Å². The van der Waals surface area contributed by atoms with Gasteiger partial charge in [-0.05, 0) is 68.2 Å². The van der Waals surface area contributed by atoms with Gasteiger partial charge in [-0.3, -0.25) is 9.59 Å². The minimum atomic E-state index is -0.510. The van der Waals surface area contributed by atoms with Crippen molar-refractivity contribution in [2.75, 3.05) is 12.4 Å². The van der Waals surface area contributed by atoms with E-state index in [0.29, 0.717) is 23.9 Å². The number of hydrogen-bond donors (Lipinski definition) is 2. The normalized spacial score (nSPS) is 21.1. The van der Waals surface area contributed by atoms with Gasteiger partial charge in [0.15, 0.2) is 0 Å². The Balaban J connectivity index is 1.98. The second-order valence-electron chi connectivity index (χ2n) is 7.87. The number of methoxy groups -OCH3 is 1. The molecule has 0 heterocycles. The monoisotopic (exact) mass is 360 g/mol. The summed E-state index contributed by atoms with van der Waals surface area (Å²) in [7, 11) is 1.60. The molecular formula is C21H32N2O3. The van der Waals surface area contributed by atoms with Gasteiger partial charge in [0.25, 0.3) is 0 Å². The van der Waals surface area contributed by atoms with Crippen LogP contribution in [0.5, 0.6) is 5.75 Å². The van der Waals surface area contributed by atoms with Crippen LogP contribution in [0, 0.1) is 17.8 Å². The Morgan fingerprint density at radius 3 is 2.27 bits per heavy atom. The lowest BCUT2D eigenvalue weighted by molar-refractivity contribution is -0.130. The summed E-state index contributed by atoms with van der Waals surface area (Å²) < 4.78 is 5.13. The van der Waals surface area contributed by atoms with Crippen molar-refractivity contribution < 1.29 is 14.3 Å². The molecule has 0 aromatic heterocycles. The van der Waals surface area contributed by atoms with E-state index in [1.807, 2.05) is 0 Å². The number of amides is 2. The van der Waals surface area contributed by atoms with E-state index in [1.54, 1.807) is 31.4 Å². The number of carbonyl (C=O) groups is 2. The molecule has 1 aromatic carbocycles. The average Bonchev–Trinajstić information content (AvgIpc) is 2.62. The van der Waals surface area contributed by atoms with Crippen LogP contribution >= 0.6 is 0 Å². The third-order valence-electron chi connectivity index (χ3n) is 5.08. The van der Waals surface area contributed by atoms with Crippen LogP contribution in [0.25, 0.3) is 0 Å². The molecule has 5 nitrogen and oxygen atoms in total. The molecule has 2 rings (SSSR count). The van der Waals surface area contributed by atoms with Crippen molar-refractivity contribution in [2.24, 2.45) is 17.8 Å². The summed E-state index contributed by atoms with van der Waals surface area (Å²) in [5.74, 6) is 1.64. The highest BCUT2D eigenvalue weighted by atomic mass is 16.5. The molecule has 1 fully saturated rings. The van der Waals surface area contributed by atoms with Gasteiger partial charge in [-0.1, -0.05) is 20.8 Å². The minimum absolute atomic E-state index is 0.0208. The maximum absolute atomic E-state index is 12.7. The van der Waals surface area contributed by atoms with Crippen molar-refractivity contribution in [1.29, 1.82) is 0 Å². The lowest BCUT2D eigenvalue weighted by Crippen LogP contribution is -2.47. The molecule has 5 heteroatoms. The van der Waals surface area contributed by atoms with Crippen LogP contribution < -0.4 is 15.4 Å². The molecule has 0 radical (unpaired) electrons. The molecule has 0 spiro atoms. The lowest BCUT2D eigenvalue weighted by Gasteiger charge is -2.28. The van der Waals surface area contributed by atoms with E-state index in [9.17, 15) is 9.59 Å². The van der Waals surface area contributed by atoms with Gasteiger partial charge in [0, 0.05) is 11.6 Å². The number of nitrogens with one attached hydrogen (secondary N) is 2. The quantitative estimate of drug-likeness (QED) is 0.772. The SMILES string of the molecule is COc1ccc(NC(=O)[C@@H](CC(C)C)NC(=O)C2CCC(C)CC2)cc1. The molecule has 0 unspecified atom stereocenters.